The molecule has 0 saturated heterocycles. The fraction of sp³-hybridized carbons (Fsp3) is 0.300. The molecule has 0 aliphatic heterocycles. The molecule has 2 nitrogen and oxygen atoms in total. The summed E-state index contributed by atoms with van der Waals surface area (Å²) in [6.07, 6.45) is 0.860. The molecule has 0 bridgehead atoms. The molecule has 1 aromatic carbocycles. The first-order valence-electron chi connectivity index (χ1n) is 4.06. The van der Waals surface area contributed by atoms with Crippen molar-refractivity contribution in [3.05, 3.63) is 35.9 Å². The van der Waals surface area contributed by atoms with E-state index in [1.807, 2.05) is 25.1 Å². The Bertz CT molecular complexity index is 241. The van der Waals surface area contributed by atoms with Crippen LogP contribution in [0.2, 0.25) is 0 Å². The van der Waals surface area contributed by atoms with Gasteiger partial charge in [-0.15, -0.1) is 0 Å². The molecule has 0 N–H and O–H groups in total. The zero-order valence-electron chi connectivity index (χ0n) is 7.12. The van der Waals surface area contributed by atoms with E-state index in [0.29, 0.717) is 12.2 Å². The van der Waals surface area contributed by atoms with Crippen LogP contribution in [0.25, 0.3) is 0 Å². The fourth-order valence-electron chi connectivity index (χ4n) is 0.852. The lowest BCUT2D eigenvalue weighted by Gasteiger charge is -2.01. The number of carbonyl (C=O) groups excluding carboxylic acids is 1. The van der Waals surface area contributed by atoms with E-state index in [2.05, 4.69) is 0 Å². The summed E-state index contributed by atoms with van der Waals surface area (Å²) >= 11 is 0. The Hall–Kier alpha value is -1.31. The van der Waals surface area contributed by atoms with E-state index in [1.165, 1.54) is 0 Å². The van der Waals surface area contributed by atoms with Gasteiger partial charge in [-0.1, -0.05) is 25.1 Å². The van der Waals surface area contributed by atoms with Crippen LogP contribution < -0.4 is 0 Å². The van der Waals surface area contributed by atoms with Crippen LogP contribution in [-0.2, 0) is 4.74 Å². The molecule has 0 spiro atoms. The average Bonchev–Trinajstić information content (AvgIpc) is 2.15. The van der Waals surface area contributed by atoms with Crippen molar-refractivity contribution < 1.29 is 9.53 Å². The third kappa shape index (κ3) is 2.38. The van der Waals surface area contributed by atoms with Crippen LogP contribution in [0, 0.1) is 0 Å². The smallest absolute Gasteiger partial charge is 0.338 e. The van der Waals surface area contributed by atoms with Crippen LogP contribution in [0.1, 0.15) is 23.7 Å². The van der Waals surface area contributed by atoms with Crippen molar-refractivity contribution in [3.63, 3.8) is 0 Å². The summed E-state index contributed by atoms with van der Waals surface area (Å²) in [6, 6.07) is 9.01. The Labute approximate surface area is 72.2 Å². The third-order valence-corrected chi connectivity index (χ3v) is 1.45. The minimum atomic E-state index is -0.238. The second kappa shape index (κ2) is 4.54. The van der Waals surface area contributed by atoms with Gasteiger partial charge in [0.25, 0.3) is 0 Å². The number of hydrogen-bond donors (Lipinski definition) is 0. The van der Waals surface area contributed by atoms with Gasteiger partial charge in [0, 0.05) is 0 Å². The SMILES string of the molecule is CC[11CH2]OC(=O)c1ccccc1. The number of carbonyl (C=O) groups is 1. The molecule has 0 unspecified atom stereocenters. The second-order valence-corrected chi connectivity index (χ2v) is 2.50. The normalized spacial score (nSPS) is 9.42. The lowest BCUT2D eigenvalue weighted by molar-refractivity contribution is 0.0505. The summed E-state index contributed by atoms with van der Waals surface area (Å²) in [7, 11) is 0. The maximum absolute atomic E-state index is 11.2. The van der Waals surface area contributed by atoms with E-state index in [0.717, 1.165) is 6.42 Å². The summed E-state index contributed by atoms with van der Waals surface area (Å²) in [4.78, 5) is 11.2. The van der Waals surface area contributed by atoms with Crippen molar-refractivity contribution in [1.29, 1.82) is 0 Å². The van der Waals surface area contributed by atoms with E-state index in [1.54, 1.807) is 12.1 Å². The minimum Gasteiger partial charge on any atom is -0.462 e. The van der Waals surface area contributed by atoms with Gasteiger partial charge in [0.05, 0.1) is 12.2 Å². The predicted molar refractivity (Wildman–Crippen MR) is 47.0 cm³/mol. The highest BCUT2D eigenvalue weighted by Gasteiger charge is 2.03. The van der Waals surface area contributed by atoms with Crippen molar-refractivity contribution in [2.24, 2.45) is 0 Å². The van der Waals surface area contributed by atoms with Crippen LogP contribution in [0.4, 0.5) is 0 Å². The molecule has 0 atom stereocenters. The molecule has 0 aliphatic carbocycles. The van der Waals surface area contributed by atoms with E-state index in [9.17, 15) is 4.79 Å². The minimum absolute atomic E-state index is 0.238. The van der Waals surface area contributed by atoms with Crippen LogP contribution in [-0.4, -0.2) is 12.6 Å². The van der Waals surface area contributed by atoms with Gasteiger partial charge in [0.15, 0.2) is 0 Å². The Balaban J connectivity index is 2.54. The zero-order chi connectivity index (χ0) is 8.81. The molecular weight excluding hydrogens is 151 g/mol. The van der Waals surface area contributed by atoms with Gasteiger partial charge in [-0.05, 0) is 18.6 Å². The number of esters is 1. The average molecular weight is 163 g/mol. The highest BCUT2D eigenvalue weighted by atomic mass is 16.5. The lowest BCUT2D eigenvalue weighted by atomic mass is 10.1. The van der Waals surface area contributed by atoms with Crippen molar-refractivity contribution in [1.82, 2.24) is 0 Å². The van der Waals surface area contributed by atoms with E-state index >= 15 is 0 Å². The molecule has 0 fully saturated rings. The van der Waals surface area contributed by atoms with Gasteiger partial charge >= 0.3 is 5.97 Å². The fourth-order valence-corrected chi connectivity index (χ4v) is 0.852. The summed E-state index contributed by atoms with van der Waals surface area (Å²) in [5, 5.41) is 0. The summed E-state index contributed by atoms with van der Waals surface area (Å²) in [5.41, 5.74) is 0.617. The second-order valence-electron chi connectivity index (χ2n) is 2.50. The number of rotatable bonds is 3. The summed E-state index contributed by atoms with van der Waals surface area (Å²) in [6.45, 7) is 2.46. The molecule has 2 heteroatoms. The van der Waals surface area contributed by atoms with E-state index in [-0.39, 0.29) is 5.97 Å². The molecule has 0 amide bonds. The van der Waals surface area contributed by atoms with Gasteiger partial charge in [-0.3, -0.25) is 0 Å². The quantitative estimate of drug-likeness (QED) is 0.639. The van der Waals surface area contributed by atoms with Crippen LogP contribution >= 0.6 is 0 Å². The van der Waals surface area contributed by atoms with Gasteiger partial charge < -0.3 is 4.74 Å². The Kier molecular flexibility index (Phi) is 3.33. The first-order chi connectivity index (χ1) is 5.84. The van der Waals surface area contributed by atoms with Gasteiger partial charge in [-0.2, -0.15) is 0 Å². The summed E-state index contributed by atoms with van der Waals surface area (Å²) < 4.78 is 4.94. The van der Waals surface area contributed by atoms with Gasteiger partial charge in [-0.25, -0.2) is 4.79 Å². The largest absolute Gasteiger partial charge is 0.462 e. The molecule has 0 aliphatic rings. The monoisotopic (exact) mass is 163 g/mol. The van der Waals surface area contributed by atoms with E-state index in [4.69, 9.17) is 4.74 Å². The molecule has 1 rings (SSSR count). The predicted octanol–water partition coefficient (Wildman–Crippen LogP) is 2.25. The van der Waals surface area contributed by atoms with E-state index < -0.39 is 0 Å². The summed E-state index contributed by atoms with van der Waals surface area (Å²) in [5.74, 6) is -0.238. The molecule has 0 radical (unpaired) electrons. The van der Waals surface area contributed by atoms with Crippen molar-refractivity contribution in [2.75, 3.05) is 6.61 Å². The Morgan fingerprint density at radius 3 is 2.58 bits per heavy atom. The highest BCUT2D eigenvalue weighted by molar-refractivity contribution is 5.89. The standard InChI is InChI=1S/C10H12O2/c1-2-8-12-10(11)9-6-4-3-5-7-9/h3-7H,2,8H2,1H3/i8-1. The number of hydrogen-bond acceptors (Lipinski definition) is 2. The molecular formula is C10H12O2. The molecule has 0 heterocycles. The van der Waals surface area contributed by atoms with Crippen LogP contribution in [0.5, 0.6) is 0 Å². The van der Waals surface area contributed by atoms with Crippen LogP contribution in [0.3, 0.4) is 0 Å². The van der Waals surface area contributed by atoms with Crippen LogP contribution in [0.15, 0.2) is 30.3 Å². The first kappa shape index (κ1) is 8.78. The van der Waals surface area contributed by atoms with Gasteiger partial charge in [0.2, 0.25) is 0 Å². The number of ether oxygens (including phenoxy) is 1. The van der Waals surface area contributed by atoms with Crippen molar-refractivity contribution in [2.45, 2.75) is 13.3 Å². The highest BCUT2D eigenvalue weighted by Crippen LogP contribution is 2.00. The van der Waals surface area contributed by atoms with Crippen molar-refractivity contribution in [3.8, 4) is 0 Å². The third-order valence-electron chi connectivity index (χ3n) is 1.45. The Morgan fingerprint density at radius 1 is 1.33 bits per heavy atom. The molecule has 12 heavy (non-hydrogen) atoms. The maximum Gasteiger partial charge on any atom is 0.338 e. The Morgan fingerprint density at radius 2 is 2.00 bits per heavy atom. The first-order valence-corrected chi connectivity index (χ1v) is 4.06. The molecule has 64 valence electrons. The lowest BCUT2D eigenvalue weighted by Crippen LogP contribution is -2.05. The topological polar surface area (TPSA) is 26.3 Å². The zero-order valence-corrected chi connectivity index (χ0v) is 7.12. The van der Waals surface area contributed by atoms with Crippen molar-refractivity contribution >= 4 is 5.97 Å². The molecule has 1 aromatic rings. The molecule has 0 aromatic heterocycles. The van der Waals surface area contributed by atoms with Gasteiger partial charge in [0.1, 0.15) is 0 Å². The maximum atomic E-state index is 11.2. The molecule has 0 saturated carbocycles. The number of benzene rings is 1.